The minimum Gasteiger partial charge on any atom is -1.00 e. The summed E-state index contributed by atoms with van der Waals surface area (Å²) in [6, 6.07) is 143. The van der Waals surface area contributed by atoms with Crippen molar-refractivity contribution in [3.8, 4) is 12.1 Å². The monoisotopic (exact) mass is 1800 g/mol. The van der Waals surface area contributed by atoms with Gasteiger partial charge in [-0.15, -0.1) is 0 Å². The van der Waals surface area contributed by atoms with Crippen molar-refractivity contribution in [2.45, 2.75) is 82.4 Å². The number of nitrogens with one attached hydrogen (secondary N) is 7. The maximum absolute atomic E-state index is 8.08. The first-order valence-electron chi connectivity index (χ1n) is 32.5. The van der Waals surface area contributed by atoms with Gasteiger partial charge < -0.3 is 48.0 Å². The summed E-state index contributed by atoms with van der Waals surface area (Å²) in [7, 11) is -3.83. The van der Waals surface area contributed by atoms with Gasteiger partial charge in [-0.25, -0.2) is 0 Å². The van der Waals surface area contributed by atoms with Crippen LogP contribution < -0.4 is 48.0 Å². The third-order valence-corrected chi connectivity index (χ3v) is 24.1. The van der Waals surface area contributed by atoms with Crippen LogP contribution in [0.2, 0.25) is 0 Å². The Kier molecular flexibility index (Phi) is 48.6. The van der Waals surface area contributed by atoms with E-state index in [4.69, 9.17) is 44.0 Å². The van der Waals surface area contributed by atoms with Gasteiger partial charge in [-0.1, -0.05) is 255 Å². The van der Waals surface area contributed by atoms with E-state index >= 15 is 0 Å². The first-order valence-corrected chi connectivity index (χ1v) is 41.1. The molecule has 19 heteroatoms. The van der Waals surface area contributed by atoms with Gasteiger partial charge in [-0.05, 0) is 245 Å². The number of hydrogen-bond donors (Lipinski definition) is 7. The van der Waals surface area contributed by atoms with Crippen molar-refractivity contribution in [1.82, 2.24) is 0 Å². The van der Waals surface area contributed by atoms with Gasteiger partial charge in [-0.2, -0.15) is 10.5 Å². The van der Waals surface area contributed by atoms with Crippen LogP contribution >= 0.6 is 0 Å². The van der Waals surface area contributed by atoms with E-state index < -0.39 is 74.8 Å². The third kappa shape index (κ3) is 34.7. The van der Waals surface area contributed by atoms with Crippen LogP contribution in [0.4, 0.5) is 0 Å². The van der Waals surface area contributed by atoms with E-state index in [9.17, 15) is 0 Å². The molecule has 0 saturated heterocycles. The molecule has 0 spiro atoms. The average Bonchev–Trinajstić information content (AvgIpc) is 0.925. The second-order valence-corrected chi connectivity index (χ2v) is 31.9. The summed E-state index contributed by atoms with van der Waals surface area (Å²) in [4.78, 5) is 15.0. The molecule has 14 aromatic carbocycles. The molecule has 0 heterocycles. The maximum Gasteiger partial charge on any atom is 2.00 e. The summed E-state index contributed by atoms with van der Waals surface area (Å²) >= 11 is 0. The number of hydrogen-bond acceptors (Lipinski definition) is 9. The molecule has 9 nitrogen and oxygen atoms in total. The molecule has 7 N–H and O–H groups in total. The van der Waals surface area contributed by atoms with E-state index in [1.54, 1.807) is 12.1 Å². The Labute approximate surface area is 695 Å². The molecule has 0 aliphatic heterocycles. The van der Waals surface area contributed by atoms with E-state index in [0.29, 0.717) is 0 Å². The molecule has 0 saturated carbocycles. The van der Waals surface area contributed by atoms with Crippen molar-refractivity contribution in [3.05, 3.63) is 425 Å². The third-order valence-electron chi connectivity index (χ3n) is 13.7. The molecule has 0 amide bonds. The first-order chi connectivity index (χ1) is 51.0. The van der Waals surface area contributed by atoms with Crippen LogP contribution in [0.15, 0.2) is 493 Å². The molecule has 0 fully saturated rings. The molecule has 1 radical (unpaired) electrons. The Morgan fingerprint density at radius 2 is 0.206 bits per heavy atom. The summed E-state index contributed by atoms with van der Waals surface area (Å²) in [5, 5.41) is 14.6. The van der Waals surface area contributed by atoms with E-state index in [0.717, 1.165) is 68.5 Å². The number of halogens is 2. The zero-order valence-corrected chi connectivity index (χ0v) is 69.8. The molecule has 0 atom stereocenters. The fraction of sp³-hybridized carbons (Fsp3) is 0.0227. The molecular formula is C88H83CoI2N9S7. The molecular weight excluding hydrogens is 1720 g/mol. The number of nitriles is 2. The predicted molar refractivity (Wildman–Crippen MR) is 439 cm³/mol. The van der Waals surface area contributed by atoms with E-state index in [1.165, 1.54) is 13.8 Å². The van der Waals surface area contributed by atoms with E-state index in [-0.39, 0.29) is 64.7 Å². The normalized spacial score (nSPS) is 9.64. The zero-order chi connectivity index (χ0) is 74.0. The first kappa shape index (κ1) is 92.3. The van der Waals surface area contributed by atoms with Gasteiger partial charge in [0.1, 0.15) is 0 Å². The summed E-state index contributed by atoms with van der Waals surface area (Å²) in [6.45, 7) is 2.86. The Hall–Kier alpha value is -8.92. The smallest absolute Gasteiger partial charge is 1.00 e. The van der Waals surface area contributed by atoms with Gasteiger partial charge in [-0.3, -0.25) is 33.5 Å². The van der Waals surface area contributed by atoms with Crippen LogP contribution in [0.5, 0.6) is 0 Å². The van der Waals surface area contributed by atoms with Gasteiger partial charge >= 0.3 is 16.8 Å². The van der Waals surface area contributed by atoms with E-state index in [1.807, 2.05) is 425 Å². The molecule has 107 heavy (non-hydrogen) atoms. The zero-order valence-electron chi connectivity index (χ0n) is 58.8. The Balaban J connectivity index is 0.000000318. The summed E-state index contributed by atoms with van der Waals surface area (Å²) in [5.74, 6) is 0. The average molecular weight is 1800 g/mol. The van der Waals surface area contributed by atoms with Crippen molar-refractivity contribution < 1.29 is 64.7 Å². The van der Waals surface area contributed by atoms with Crippen LogP contribution in [0.25, 0.3) is 0 Å². The minimum absolute atomic E-state index is 0. The van der Waals surface area contributed by atoms with Crippen molar-refractivity contribution in [2.75, 3.05) is 0 Å². The van der Waals surface area contributed by atoms with Crippen molar-refractivity contribution >= 4 is 74.8 Å². The van der Waals surface area contributed by atoms with Crippen LogP contribution in [-0.2, 0) is 91.6 Å². The fourth-order valence-corrected chi connectivity index (χ4v) is 16.7. The number of nitrogens with zero attached hydrogens (tertiary/aromatic N) is 2. The Morgan fingerprint density at radius 1 is 0.159 bits per heavy atom. The number of rotatable bonds is 14. The quantitative estimate of drug-likeness (QED) is 0.0530. The van der Waals surface area contributed by atoms with E-state index in [2.05, 4.69) is 0 Å². The van der Waals surface area contributed by atoms with Gasteiger partial charge in [0.15, 0.2) is 0 Å². The van der Waals surface area contributed by atoms with Crippen molar-refractivity contribution in [2.24, 2.45) is 0 Å². The van der Waals surface area contributed by atoms with Gasteiger partial charge in [0.25, 0.3) is 0 Å². The van der Waals surface area contributed by atoms with Gasteiger partial charge in [0.2, 0.25) is 0 Å². The predicted octanol–water partition coefficient (Wildman–Crippen LogP) is 19.5. The molecule has 0 aliphatic carbocycles. The molecule has 0 bridgehead atoms. The maximum atomic E-state index is 8.08. The van der Waals surface area contributed by atoms with Crippen LogP contribution in [0, 0.1) is 56.1 Å². The van der Waals surface area contributed by atoms with Crippen LogP contribution in [-0.4, -0.2) is 0 Å². The fourth-order valence-electron chi connectivity index (χ4n) is 8.74. The second kappa shape index (κ2) is 56.4. The van der Waals surface area contributed by atoms with Crippen LogP contribution in [0.3, 0.4) is 0 Å². The molecule has 545 valence electrons. The minimum atomic E-state index is -0.547. The number of benzene rings is 14. The van der Waals surface area contributed by atoms with Gasteiger partial charge in [0.05, 0.1) is 12.1 Å². The van der Waals surface area contributed by atoms with Crippen LogP contribution in [0.1, 0.15) is 13.8 Å². The Bertz CT molecular complexity index is 3760. The largest absolute Gasteiger partial charge is 2.00 e. The molecule has 14 rings (SSSR count). The van der Waals surface area contributed by atoms with Gasteiger partial charge in [0, 0.05) is 82.4 Å². The molecule has 0 unspecified atom stereocenters. The summed E-state index contributed by atoms with van der Waals surface area (Å²) < 4.78 is 56.6. The topological polar surface area (TPSA) is 215 Å². The van der Waals surface area contributed by atoms with Crippen molar-refractivity contribution in [1.29, 1.82) is 44.0 Å². The molecule has 0 aromatic heterocycles. The standard InChI is InChI=1S/7C12H11NS.2C2H3N.Co.2HI/c7*13-14(11-7-3-1-4-8-11)12-9-5-2-6-10-12;2*1-2-3;;;/h7*1-10,13H;2*1H3;;2*1H/q;;;;;;;;;+2;;/p-2. The summed E-state index contributed by atoms with van der Waals surface area (Å²) in [5.41, 5.74) is 0. The molecule has 14 aromatic rings. The summed E-state index contributed by atoms with van der Waals surface area (Å²) in [6.07, 6.45) is 0. The molecule has 0 aliphatic rings. The second-order valence-electron chi connectivity index (χ2n) is 21.0. The SMILES string of the molecule is CC#N.CC#N.N=S(c1ccccc1)c1ccccc1.N=S(c1ccccc1)c1ccccc1.N=S(c1ccccc1)c1ccccc1.N=S(c1ccccc1)c1ccccc1.N=S(c1ccccc1)c1ccccc1.N=S(c1ccccc1)c1ccccc1.N=S(c1ccccc1)c1ccccc1.[Co+2].[I-].[I-]. The van der Waals surface area contributed by atoms with Crippen molar-refractivity contribution in [3.63, 3.8) is 0 Å². The Morgan fingerprint density at radius 3 is 0.252 bits per heavy atom.